The molecule has 122 valence electrons. The van der Waals surface area contributed by atoms with Crippen molar-refractivity contribution in [2.45, 2.75) is 0 Å². The molecular weight excluding hydrogens is 316 g/mol. The molecule has 3 N–H and O–H groups in total. The first-order valence-corrected chi connectivity index (χ1v) is 7.73. The topological polar surface area (TPSA) is 91.0 Å². The molecule has 0 unspecified atom stereocenters. The maximum absolute atomic E-state index is 10.8. The summed E-state index contributed by atoms with van der Waals surface area (Å²) in [6.45, 7) is 0. The second-order valence-corrected chi connectivity index (χ2v) is 5.74. The Morgan fingerprint density at radius 2 is 1.84 bits per heavy atom. The molecule has 0 heterocycles. The second-order valence-electron chi connectivity index (χ2n) is 5.74. The van der Waals surface area contributed by atoms with E-state index in [4.69, 9.17) is 5.41 Å². The normalized spacial score (nSPS) is 11.5. The number of rotatable bonds is 3. The fourth-order valence-corrected chi connectivity index (χ4v) is 3.04. The predicted octanol–water partition coefficient (Wildman–Crippen LogP) is 4.69. The van der Waals surface area contributed by atoms with E-state index in [9.17, 15) is 10.1 Å². The van der Waals surface area contributed by atoms with Gasteiger partial charge in [-0.2, -0.15) is 0 Å². The molecule has 0 atom stereocenters. The molecule has 3 aromatic rings. The third-order valence-corrected chi connectivity index (χ3v) is 4.13. The van der Waals surface area contributed by atoms with Gasteiger partial charge in [0.2, 0.25) is 0 Å². The molecule has 0 amide bonds. The first-order valence-electron chi connectivity index (χ1n) is 7.73. The molecule has 3 aromatic carbocycles. The van der Waals surface area contributed by atoms with Gasteiger partial charge in [-0.15, -0.1) is 0 Å². The lowest BCUT2D eigenvalue weighted by molar-refractivity contribution is -0.384. The number of nitro benzene ring substituents is 1. The van der Waals surface area contributed by atoms with E-state index in [1.165, 1.54) is 12.1 Å². The van der Waals surface area contributed by atoms with E-state index in [1.54, 1.807) is 12.1 Å². The van der Waals surface area contributed by atoms with Crippen molar-refractivity contribution in [3.05, 3.63) is 75.8 Å². The molecule has 25 heavy (non-hydrogen) atoms. The third kappa shape index (κ3) is 2.70. The smallest absolute Gasteiger partial charge is 0.271 e. The van der Waals surface area contributed by atoms with Crippen LogP contribution in [0.3, 0.4) is 0 Å². The minimum Gasteiger partial charge on any atom is -0.326 e. The van der Waals surface area contributed by atoms with Crippen molar-refractivity contribution in [1.82, 2.24) is 0 Å². The molecular formula is C19H14N4O2. The van der Waals surface area contributed by atoms with Crippen molar-refractivity contribution in [2.24, 2.45) is 0 Å². The van der Waals surface area contributed by atoms with Gasteiger partial charge in [0, 0.05) is 29.1 Å². The second kappa shape index (κ2) is 5.76. The number of anilines is 2. The minimum atomic E-state index is -0.460. The fraction of sp³-hybridized carbons (Fsp3) is 0. The highest BCUT2D eigenvalue weighted by Gasteiger charge is 2.14. The van der Waals surface area contributed by atoms with Crippen molar-refractivity contribution in [3.63, 3.8) is 0 Å². The van der Waals surface area contributed by atoms with Gasteiger partial charge in [-0.05, 0) is 28.5 Å². The molecule has 0 aromatic heterocycles. The Balaban J connectivity index is 1.58. The van der Waals surface area contributed by atoms with E-state index in [0.29, 0.717) is 5.69 Å². The Bertz CT molecular complexity index is 1060. The van der Waals surface area contributed by atoms with E-state index in [0.717, 1.165) is 27.6 Å². The number of hydrogen-bond acceptors (Lipinski definition) is 3. The van der Waals surface area contributed by atoms with Gasteiger partial charge in [0.25, 0.3) is 5.69 Å². The van der Waals surface area contributed by atoms with E-state index in [1.807, 2.05) is 24.3 Å². The largest absolute Gasteiger partial charge is 0.326 e. The number of nitro groups is 1. The molecule has 6 heteroatoms. The lowest BCUT2D eigenvalue weighted by Crippen LogP contribution is -2.21. The lowest BCUT2D eigenvalue weighted by atomic mass is 10.0. The lowest BCUT2D eigenvalue weighted by Gasteiger charge is -2.13. The van der Waals surface area contributed by atoms with Crippen LogP contribution in [0.1, 0.15) is 11.1 Å². The quantitative estimate of drug-likeness (QED) is 0.220. The summed E-state index contributed by atoms with van der Waals surface area (Å²) >= 11 is 0. The van der Waals surface area contributed by atoms with Crippen molar-refractivity contribution in [2.75, 3.05) is 10.6 Å². The van der Waals surface area contributed by atoms with Gasteiger partial charge in [-0.1, -0.05) is 42.5 Å². The zero-order chi connectivity index (χ0) is 17.4. The van der Waals surface area contributed by atoms with Gasteiger partial charge in [0.05, 0.1) is 4.92 Å². The summed E-state index contributed by atoms with van der Waals surface area (Å²) in [7, 11) is 0. The molecule has 1 aliphatic rings. The zero-order valence-corrected chi connectivity index (χ0v) is 13.1. The van der Waals surface area contributed by atoms with Crippen LogP contribution in [-0.4, -0.2) is 10.9 Å². The summed E-state index contributed by atoms with van der Waals surface area (Å²) in [6, 6.07) is 16.2. The van der Waals surface area contributed by atoms with Crippen LogP contribution >= 0.6 is 0 Å². The van der Waals surface area contributed by atoms with E-state index >= 15 is 0 Å². The Morgan fingerprint density at radius 1 is 1.00 bits per heavy atom. The summed E-state index contributed by atoms with van der Waals surface area (Å²) in [4.78, 5) is 10.4. The first kappa shape index (κ1) is 14.9. The molecule has 0 radical (unpaired) electrons. The van der Waals surface area contributed by atoms with Gasteiger partial charge in [0.1, 0.15) is 0 Å². The highest BCUT2D eigenvalue weighted by atomic mass is 16.6. The van der Waals surface area contributed by atoms with Gasteiger partial charge >= 0.3 is 0 Å². The summed E-state index contributed by atoms with van der Waals surface area (Å²) in [5.74, 6) is 0.0499. The van der Waals surface area contributed by atoms with Crippen LogP contribution in [0.5, 0.6) is 0 Å². The monoisotopic (exact) mass is 330 g/mol. The molecule has 0 aliphatic heterocycles. The van der Waals surface area contributed by atoms with Crippen molar-refractivity contribution >= 4 is 45.9 Å². The Kier molecular flexibility index (Phi) is 3.43. The number of nitrogens with one attached hydrogen (secondary N) is 3. The average molecular weight is 330 g/mol. The summed E-state index contributed by atoms with van der Waals surface area (Å²) in [5.41, 5.74) is 3.49. The predicted molar refractivity (Wildman–Crippen MR) is 101 cm³/mol. The van der Waals surface area contributed by atoms with Gasteiger partial charge in [-0.25, -0.2) is 0 Å². The SMILES string of the molecule is N=C(Nc1cccc([N+](=O)[O-])c1)Nc1ccc2cccc3c2c1C=C3. The van der Waals surface area contributed by atoms with Gasteiger partial charge in [0.15, 0.2) is 5.96 Å². The highest BCUT2D eigenvalue weighted by Crippen LogP contribution is 2.35. The summed E-state index contributed by atoms with van der Waals surface area (Å²) < 4.78 is 0. The number of hydrogen-bond donors (Lipinski definition) is 3. The maximum Gasteiger partial charge on any atom is 0.271 e. The van der Waals surface area contributed by atoms with Crippen LogP contribution in [0.15, 0.2) is 54.6 Å². The highest BCUT2D eigenvalue weighted by molar-refractivity contribution is 6.11. The van der Waals surface area contributed by atoms with Crippen LogP contribution in [0.25, 0.3) is 22.9 Å². The first-order chi connectivity index (χ1) is 12.1. The van der Waals surface area contributed by atoms with Crippen molar-refractivity contribution in [1.29, 1.82) is 5.41 Å². The average Bonchev–Trinajstić information content (AvgIpc) is 3.04. The molecule has 1 aliphatic carbocycles. The van der Waals surface area contributed by atoms with Crippen molar-refractivity contribution in [3.8, 4) is 0 Å². The zero-order valence-electron chi connectivity index (χ0n) is 13.1. The van der Waals surface area contributed by atoms with Crippen molar-refractivity contribution < 1.29 is 4.92 Å². The third-order valence-electron chi connectivity index (χ3n) is 4.13. The number of benzene rings is 3. The molecule has 0 saturated heterocycles. The maximum atomic E-state index is 10.8. The number of nitrogens with zero attached hydrogens (tertiary/aromatic N) is 1. The fourth-order valence-electron chi connectivity index (χ4n) is 3.04. The van der Waals surface area contributed by atoms with Crippen LogP contribution in [0, 0.1) is 15.5 Å². The van der Waals surface area contributed by atoms with Crippen LogP contribution in [0.4, 0.5) is 17.1 Å². The van der Waals surface area contributed by atoms with E-state index in [2.05, 4.69) is 28.8 Å². The number of non-ortho nitro benzene ring substituents is 1. The Hall–Kier alpha value is -3.67. The van der Waals surface area contributed by atoms with E-state index < -0.39 is 4.92 Å². The summed E-state index contributed by atoms with van der Waals surface area (Å²) in [5, 5.41) is 27.2. The Labute approximate surface area is 143 Å². The minimum absolute atomic E-state index is 0.0188. The molecule has 4 rings (SSSR count). The van der Waals surface area contributed by atoms with Crippen LogP contribution in [0.2, 0.25) is 0 Å². The molecule has 0 spiro atoms. The number of guanidine groups is 1. The summed E-state index contributed by atoms with van der Waals surface area (Å²) in [6.07, 6.45) is 4.08. The Morgan fingerprint density at radius 3 is 2.68 bits per heavy atom. The van der Waals surface area contributed by atoms with E-state index in [-0.39, 0.29) is 11.6 Å². The van der Waals surface area contributed by atoms with Crippen LogP contribution < -0.4 is 10.6 Å². The van der Waals surface area contributed by atoms with Crippen LogP contribution in [-0.2, 0) is 0 Å². The molecule has 0 bridgehead atoms. The van der Waals surface area contributed by atoms with Gasteiger partial charge < -0.3 is 10.6 Å². The molecule has 0 fully saturated rings. The standard InChI is InChI=1S/C19H14N4O2/c20-19(21-14-5-2-6-15(11-14)23(24)25)22-17-10-8-13-4-1-3-12-7-9-16(17)18(12)13/h1-11H,(H3,20,21,22). The van der Waals surface area contributed by atoms with Gasteiger partial charge in [-0.3, -0.25) is 15.5 Å². The molecule has 6 nitrogen and oxygen atoms in total. The molecule has 0 saturated carbocycles.